The number of alkyl halides is 51. The van der Waals surface area contributed by atoms with E-state index in [1.807, 2.05) is 0 Å². The Bertz CT molecular complexity index is 4270. The van der Waals surface area contributed by atoms with E-state index in [-0.39, 0.29) is 17.7 Å². The van der Waals surface area contributed by atoms with Gasteiger partial charge in [0.25, 0.3) is 0 Å². The fourth-order valence-electron chi connectivity index (χ4n) is 10.6. The fraction of sp³-hybridized carbons (Fsp3) is 0.619. The van der Waals surface area contributed by atoms with E-state index >= 15 is 0 Å². The van der Waals surface area contributed by atoms with E-state index in [4.69, 9.17) is 18.9 Å². The molecular weight excluding hydrogens is 1820 g/mol. The number of benzene rings is 5. The molecule has 0 aliphatic carbocycles. The number of carbonyl (C=O) groups excluding carboxylic acids is 2. The van der Waals surface area contributed by atoms with Gasteiger partial charge in [0.1, 0.15) is 5.78 Å². The molecule has 686 valence electrons. The second kappa shape index (κ2) is 32.0. The Morgan fingerprint density at radius 2 is 0.525 bits per heavy atom. The van der Waals surface area contributed by atoms with E-state index in [2.05, 4.69) is 0 Å². The number of hydrogen-bond acceptors (Lipinski definition) is 6. The lowest BCUT2D eigenvalue weighted by Gasteiger charge is -2.42. The monoisotopic (exact) mass is 1860 g/mol. The van der Waals surface area contributed by atoms with Crippen LogP contribution in [0.25, 0.3) is 32.3 Å². The molecule has 0 aromatic heterocycles. The molecule has 5 aromatic carbocycles. The molecule has 57 heteroatoms. The van der Waals surface area contributed by atoms with Gasteiger partial charge in [0.05, 0.1) is 32.0 Å². The Labute approximate surface area is 631 Å². The summed E-state index contributed by atoms with van der Waals surface area (Å²) in [5, 5.41) is 3.68. The van der Waals surface area contributed by atoms with Crippen LogP contribution in [0, 0.1) is 0 Å². The third kappa shape index (κ3) is 16.4. The largest absolute Gasteiger partial charge is 0.490 e. The molecule has 0 unspecified atom stereocenters. The maximum atomic E-state index is 14.9. The van der Waals surface area contributed by atoms with Gasteiger partial charge in [-0.1, -0.05) is 54.6 Å². The van der Waals surface area contributed by atoms with Crippen LogP contribution < -0.4 is 14.2 Å². The Hall–Kier alpha value is -7.89. The first-order chi connectivity index (χ1) is 53.2. The van der Waals surface area contributed by atoms with Crippen molar-refractivity contribution in [3.05, 3.63) is 77.9 Å². The maximum Gasteiger partial charge on any atom is 0.460 e. The van der Waals surface area contributed by atoms with Gasteiger partial charge in [-0.05, 0) is 88.5 Å². The van der Waals surface area contributed by atoms with Gasteiger partial charge in [-0.2, -0.15) is 224 Å². The number of ether oxygens (including phenoxy) is 4. The van der Waals surface area contributed by atoms with Crippen molar-refractivity contribution >= 4 is 44.1 Å². The smallest absolute Gasteiger partial charge is 0.460 e. The van der Waals surface area contributed by atoms with Gasteiger partial charge in [0.15, 0.2) is 11.5 Å². The first-order valence-corrected chi connectivity index (χ1v) is 31.8. The molecule has 5 aromatic rings. The van der Waals surface area contributed by atoms with Gasteiger partial charge in [-0.3, -0.25) is 4.79 Å². The zero-order chi connectivity index (χ0) is 93.7. The molecule has 120 heavy (non-hydrogen) atoms. The Morgan fingerprint density at radius 3 is 0.825 bits per heavy atom. The summed E-state index contributed by atoms with van der Waals surface area (Å²) in [7, 11) is 0. The minimum absolute atomic E-state index is 0.00381. The normalized spacial score (nSPS) is 15.4. The molecule has 0 aliphatic heterocycles. The van der Waals surface area contributed by atoms with Crippen molar-refractivity contribution in [2.75, 3.05) is 26.4 Å². The van der Waals surface area contributed by atoms with Crippen LogP contribution in [0.2, 0.25) is 0 Å². The van der Waals surface area contributed by atoms with E-state index in [0.717, 1.165) is 0 Å². The Morgan fingerprint density at radius 1 is 0.267 bits per heavy atom. The van der Waals surface area contributed by atoms with Crippen molar-refractivity contribution in [2.24, 2.45) is 0 Å². The SMILES string of the molecule is O=C(CCOC(=O)c1cc(OCCCCC(F)(F)C(F)(F)C(F)(F)C(F)(F)C(F)(F)C(F)(F)C(F)(F)C(F)(F)F)c(OCCCCC(F)(F)C(F)(F)C(F)(F)C(F)(F)C(F)(F)C(F)(F)C(F)(F)C(F)(F)F)c(OCCCCC(F)(F)C(F)(F)C(F)(F)C(F)(F)C(F)(F)C(F)(F)C(F)(F)C(F)(F)F)c1)Cc1ccc2ccc3cccc4ccc1c2c34. The summed E-state index contributed by atoms with van der Waals surface area (Å²) < 4.78 is 732. The molecule has 0 bridgehead atoms. The molecule has 0 fully saturated rings. The van der Waals surface area contributed by atoms with Crippen LogP contribution in [-0.4, -0.2) is 181 Å². The first kappa shape index (κ1) is 103. The lowest BCUT2D eigenvalue weighted by atomic mass is 9.88. The van der Waals surface area contributed by atoms with E-state index < -0.39 is 275 Å². The third-order valence-corrected chi connectivity index (χ3v) is 17.7. The number of esters is 1. The number of Topliss-reactive ketones (excluding diaryl/α,β-unsaturated/α-hetero) is 1. The Balaban J connectivity index is 1.56. The van der Waals surface area contributed by atoms with E-state index in [9.17, 15) is 234 Å². The highest BCUT2D eigenvalue weighted by Gasteiger charge is 2.99. The molecule has 0 amide bonds. The summed E-state index contributed by atoms with van der Waals surface area (Å²) in [6.07, 6.45) is -48.0. The lowest BCUT2D eigenvalue weighted by Crippen LogP contribution is -2.74. The zero-order valence-corrected chi connectivity index (χ0v) is 57.2. The van der Waals surface area contributed by atoms with Crippen molar-refractivity contribution < 1.29 is 252 Å². The summed E-state index contributed by atoms with van der Waals surface area (Å²) in [6, 6.07) is 14.6. The third-order valence-electron chi connectivity index (χ3n) is 17.7. The number of unbranched alkanes of at least 4 members (excludes halogenated alkanes) is 3. The van der Waals surface area contributed by atoms with E-state index in [0.29, 0.717) is 32.3 Å². The van der Waals surface area contributed by atoms with Gasteiger partial charge in [-0.25, -0.2) is 4.79 Å². The average Bonchev–Trinajstić information content (AvgIpc) is 0.703. The molecule has 0 radical (unpaired) electrons. The van der Waals surface area contributed by atoms with Crippen molar-refractivity contribution in [1.82, 2.24) is 0 Å². The van der Waals surface area contributed by atoms with Crippen LogP contribution in [0.15, 0.2) is 66.7 Å². The average molecular weight is 1860 g/mol. The van der Waals surface area contributed by atoms with Crippen LogP contribution in [0.1, 0.15) is 80.1 Å². The van der Waals surface area contributed by atoms with Gasteiger partial charge in [0, 0.05) is 32.1 Å². The van der Waals surface area contributed by atoms with Gasteiger partial charge in [-0.15, -0.1) is 0 Å². The Kier molecular flexibility index (Phi) is 27.4. The van der Waals surface area contributed by atoms with Crippen molar-refractivity contribution in [3.8, 4) is 17.2 Å². The second-order valence-corrected chi connectivity index (χ2v) is 25.8. The van der Waals surface area contributed by atoms with Gasteiger partial charge in [0.2, 0.25) is 5.75 Å². The predicted octanol–water partition coefficient (Wildman–Crippen LogP) is 25.6. The molecule has 0 aliphatic rings. The summed E-state index contributed by atoms with van der Waals surface area (Å²) in [6.45, 7) is -6.82. The number of halogens is 51. The maximum absolute atomic E-state index is 14.9. The molecule has 0 atom stereocenters. The van der Waals surface area contributed by atoms with Crippen molar-refractivity contribution in [1.29, 1.82) is 0 Å². The van der Waals surface area contributed by atoms with Crippen molar-refractivity contribution in [2.45, 2.75) is 214 Å². The molecule has 0 spiro atoms. The molecule has 0 N–H and O–H groups in total. The standard InChI is InChI=1S/C63H41F51O6/c64-40(65,43(70,71)46(76,77)49(82,83)52(88,89)55(94,95)58(100,101)61(106,107)108)17-1-4-20-117-34-25-31(39(116)120-23-16-32(115)24-30-13-12-29-11-10-27-8-7-9-28-14-15-33(30)37(29)36(27)28)26-35(118-21-5-2-18-41(66,67)44(72,73)47(78,79)50(84,85)53(90,91)56(96,97)59(102,103)62(109,110)111)38(34)119-22-6-3-19-42(68,69)45(74,75)48(80,81)51(86,87)54(92,93)57(98,99)60(104,105)63(112,113)114/h7-15,25-26H,1-6,16-24H2. The zero-order valence-electron chi connectivity index (χ0n) is 57.2. The summed E-state index contributed by atoms with van der Waals surface area (Å²) in [4.78, 5) is 27.1. The highest BCUT2D eigenvalue weighted by Crippen LogP contribution is 2.69. The molecule has 5 rings (SSSR count). The quantitative estimate of drug-likeness (QED) is 0.0168. The minimum Gasteiger partial charge on any atom is -0.490 e. The molecule has 0 heterocycles. The number of ketones is 1. The molecule has 6 nitrogen and oxygen atoms in total. The number of hydrogen-bond donors (Lipinski definition) is 0. The van der Waals surface area contributed by atoms with E-state index in [1.54, 1.807) is 42.5 Å². The fourth-order valence-corrected chi connectivity index (χ4v) is 10.6. The predicted molar refractivity (Wildman–Crippen MR) is 300 cm³/mol. The summed E-state index contributed by atoms with van der Waals surface area (Å²) in [5.74, 6) is -189. The van der Waals surface area contributed by atoms with Crippen LogP contribution >= 0.6 is 0 Å². The van der Waals surface area contributed by atoms with E-state index in [1.165, 1.54) is 12.1 Å². The van der Waals surface area contributed by atoms with Gasteiger partial charge < -0.3 is 18.9 Å². The number of rotatable bonds is 42. The second-order valence-electron chi connectivity index (χ2n) is 25.8. The molecule has 0 saturated carbocycles. The highest BCUT2D eigenvalue weighted by atomic mass is 19.5. The highest BCUT2D eigenvalue weighted by molar-refractivity contribution is 6.23. The number of carbonyl (C=O) groups is 2. The summed E-state index contributed by atoms with van der Waals surface area (Å²) >= 11 is 0. The summed E-state index contributed by atoms with van der Waals surface area (Å²) in [5.41, 5.74) is -1.14. The van der Waals surface area contributed by atoms with Crippen LogP contribution in [0.4, 0.5) is 224 Å². The topological polar surface area (TPSA) is 71.1 Å². The first-order valence-electron chi connectivity index (χ1n) is 31.8. The molecule has 0 saturated heterocycles. The minimum atomic E-state index is -9.16. The van der Waals surface area contributed by atoms with Crippen LogP contribution in [0.3, 0.4) is 0 Å². The van der Waals surface area contributed by atoms with Crippen molar-refractivity contribution in [3.63, 3.8) is 0 Å². The molecular formula is C63H41F51O6. The van der Waals surface area contributed by atoms with Crippen LogP contribution in [-0.2, 0) is 16.0 Å². The lowest BCUT2D eigenvalue weighted by molar-refractivity contribution is -0.461. The van der Waals surface area contributed by atoms with Gasteiger partial charge >= 0.3 is 149 Å². The van der Waals surface area contributed by atoms with Crippen LogP contribution in [0.5, 0.6) is 17.2 Å².